The maximum absolute atomic E-state index is 8.82. The van der Waals surface area contributed by atoms with Gasteiger partial charge in [0, 0.05) is 19.3 Å². The fourth-order valence-corrected chi connectivity index (χ4v) is 1.83. The second kappa shape index (κ2) is 6.42. The number of nitrogens with two attached hydrogens (primary N) is 1. The van der Waals surface area contributed by atoms with E-state index in [1.54, 1.807) is 6.92 Å². The van der Waals surface area contributed by atoms with Crippen LogP contribution in [0.5, 0.6) is 0 Å². The molecule has 0 aliphatic heterocycles. The molecule has 3 heteroatoms. The van der Waals surface area contributed by atoms with Crippen molar-refractivity contribution in [1.82, 2.24) is 0 Å². The molecule has 18 heavy (non-hydrogen) atoms. The van der Waals surface area contributed by atoms with Crippen LogP contribution in [0.3, 0.4) is 0 Å². The second-order valence-corrected chi connectivity index (χ2v) is 5.24. The minimum atomic E-state index is -0.678. The molecule has 0 saturated carbocycles. The van der Waals surface area contributed by atoms with Crippen molar-refractivity contribution in [3.05, 3.63) is 29.8 Å². The van der Waals surface area contributed by atoms with Gasteiger partial charge in [0.25, 0.3) is 0 Å². The lowest BCUT2D eigenvalue weighted by Gasteiger charge is -2.20. The van der Waals surface area contributed by atoms with E-state index in [0.29, 0.717) is 0 Å². The predicted octanol–water partition coefficient (Wildman–Crippen LogP) is 2.84. The Bertz CT molecular complexity index is 401. The molecule has 0 aromatic heterocycles. The van der Waals surface area contributed by atoms with Gasteiger partial charge < -0.3 is 10.6 Å². The second-order valence-electron chi connectivity index (χ2n) is 5.24. The predicted molar refractivity (Wildman–Crippen MR) is 76.5 cm³/mol. The summed E-state index contributed by atoms with van der Waals surface area (Å²) in [5, 5.41) is 8.82. The normalized spacial score (nSPS) is 13.7. The summed E-state index contributed by atoms with van der Waals surface area (Å²) in [6.45, 7) is 4.87. The van der Waals surface area contributed by atoms with Crippen LogP contribution < -0.4 is 10.6 Å². The lowest BCUT2D eigenvalue weighted by atomic mass is 9.98. The van der Waals surface area contributed by atoms with E-state index < -0.39 is 5.54 Å². The summed E-state index contributed by atoms with van der Waals surface area (Å²) in [5.41, 5.74) is 7.62. The summed E-state index contributed by atoms with van der Waals surface area (Å²) < 4.78 is 0. The zero-order valence-corrected chi connectivity index (χ0v) is 11.6. The number of anilines is 1. The van der Waals surface area contributed by atoms with Gasteiger partial charge in [-0.05, 0) is 45.2 Å². The molecule has 0 aliphatic rings. The lowest BCUT2D eigenvalue weighted by Crippen LogP contribution is -2.34. The number of nitriles is 1. The van der Waals surface area contributed by atoms with Gasteiger partial charge in [0.05, 0.1) is 6.07 Å². The van der Waals surface area contributed by atoms with Gasteiger partial charge in [0.1, 0.15) is 5.54 Å². The number of benzene rings is 1. The van der Waals surface area contributed by atoms with Gasteiger partial charge in [-0.2, -0.15) is 5.26 Å². The highest BCUT2D eigenvalue weighted by Crippen LogP contribution is 2.15. The summed E-state index contributed by atoms with van der Waals surface area (Å²) in [6.07, 6.45) is 2.79. The van der Waals surface area contributed by atoms with Crippen molar-refractivity contribution < 1.29 is 0 Å². The summed E-state index contributed by atoms with van der Waals surface area (Å²) in [5.74, 6) is 0. The van der Waals surface area contributed by atoms with Gasteiger partial charge in [-0.15, -0.1) is 0 Å². The van der Waals surface area contributed by atoms with Crippen LogP contribution in [0.2, 0.25) is 0 Å². The van der Waals surface area contributed by atoms with E-state index in [4.69, 9.17) is 11.0 Å². The van der Waals surface area contributed by atoms with Crippen molar-refractivity contribution in [2.75, 3.05) is 18.5 Å². The van der Waals surface area contributed by atoms with Crippen molar-refractivity contribution in [3.63, 3.8) is 0 Å². The van der Waals surface area contributed by atoms with E-state index in [0.717, 1.165) is 25.8 Å². The molecule has 1 rings (SSSR count). The Labute approximate surface area is 110 Å². The van der Waals surface area contributed by atoms with Crippen LogP contribution in [0.15, 0.2) is 24.3 Å². The monoisotopic (exact) mass is 245 g/mol. The Morgan fingerprint density at radius 3 is 2.44 bits per heavy atom. The minimum absolute atomic E-state index is 0.678. The van der Waals surface area contributed by atoms with E-state index in [9.17, 15) is 0 Å². The average Bonchev–Trinajstić information content (AvgIpc) is 2.35. The highest BCUT2D eigenvalue weighted by atomic mass is 15.1. The first-order valence-corrected chi connectivity index (χ1v) is 6.42. The van der Waals surface area contributed by atoms with Crippen LogP contribution in [0, 0.1) is 18.3 Å². The van der Waals surface area contributed by atoms with Gasteiger partial charge >= 0.3 is 0 Å². The molecule has 1 unspecified atom stereocenters. The molecule has 0 bridgehead atoms. The third kappa shape index (κ3) is 4.77. The first kappa shape index (κ1) is 14.5. The van der Waals surface area contributed by atoms with E-state index in [1.165, 1.54) is 11.3 Å². The topological polar surface area (TPSA) is 53.0 Å². The third-order valence-electron chi connectivity index (χ3n) is 3.17. The number of aryl methyl sites for hydroxylation is 1. The average molecular weight is 245 g/mol. The smallest absolute Gasteiger partial charge is 0.101 e. The molecule has 0 amide bonds. The quantitative estimate of drug-likeness (QED) is 0.784. The lowest BCUT2D eigenvalue weighted by molar-refractivity contribution is 0.509. The van der Waals surface area contributed by atoms with Crippen LogP contribution in [-0.4, -0.2) is 19.1 Å². The van der Waals surface area contributed by atoms with Gasteiger partial charge in [-0.1, -0.05) is 17.7 Å². The molecule has 2 N–H and O–H groups in total. The Morgan fingerprint density at radius 1 is 1.28 bits per heavy atom. The van der Waals surface area contributed by atoms with Gasteiger partial charge in [-0.25, -0.2) is 0 Å². The highest BCUT2D eigenvalue weighted by Gasteiger charge is 2.15. The molecule has 0 radical (unpaired) electrons. The zero-order valence-electron chi connectivity index (χ0n) is 11.6. The maximum atomic E-state index is 8.82. The molecule has 1 aromatic rings. The van der Waals surface area contributed by atoms with Crippen LogP contribution >= 0.6 is 0 Å². The highest BCUT2D eigenvalue weighted by molar-refractivity contribution is 5.46. The number of unbranched alkanes of at least 4 members (excludes halogenated alkanes) is 1. The van der Waals surface area contributed by atoms with E-state index in [1.807, 2.05) is 0 Å². The fourth-order valence-electron chi connectivity index (χ4n) is 1.83. The van der Waals surface area contributed by atoms with E-state index in [2.05, 4.69) is 49.2 Å². The molecule has 1 aromatic carbocycles. The number of rotatable bonds is 6. The summed E-state index contributed by atoms with van der Waals surface area (Å²) >= 11 is 0. The molecule has 0 spiro atoms. The number of hydrogen-bond donors (Lipinski definition) is 1. The minimum Gasteiger partial charge on any atom is -0.375 e. The van der Waals surface area contributed by atoms with Gasteiger partial charge in [0.2, 0.25) is 0 Å². The van der Waals surface area contributed by atoms with Gasteiger partial charge in [0.15, 0.2) is 0 Å². The zero-order chi connectivity index (χ0) is 13.6. The molecule has 0 aliphatic carbocycles. The number of nitrogens with zero attached hydrogens (tertiary/aromatic N) is 2. The van der Waals surface area contributed by atoms with Crippen molar-refractivity contribution in [3.8, 4) is 6.07 Å². The first-order chi connectivity index (χ1) is 8.44. The summed E-state index contributed by atoms with van der Waals surface area (Å²) in [4.78, 5) is 2.24. The summed E-state index contributed by atoms with van der Waals surface area (Å²) in [7, 11) is 2.09. The molecule has 0 fully saturated rings. The molecule has 3 nitrogen and oxygen atoms in total. The molecule has 1 atom stereocenters. The SMILES string of the molecule is Cc1ccc(N(C)CCCCC(C)(N)C#N)cc1. The molecular weight excluding hydrogens is 222 g/mol. The van der Waals surface area contributed by atoms with Crippen molar-refractivity contribution in [1.29, 1.82) is 5.26 Å². The Hall–Kier alpha value is -1.53. The third-order valence-corrected chi connectivity index (χ3v) is 3.17. The van der Waals surface area contributed by atoms with Crippen LogP contribution in [0.1, 0.15) is 31.7 Å². The molecular formula is C15H23N3. The van der Waals surface area contributed by atoms with Gasteiger partial charge in [-0.3, -0.25) is 0 Å². The van der Waals surface area contributed by atoms with Crippen molar-refractivity contribution in [2.45, 2.75) is 38.6 Å². The van der Waals surface area contributed by atoms with Crippen LogP contribution in [-0.2, 0) is 0 Å². The molecule has 0 saturated heterocycles. The molecule has 98 valence electrons. The van der Waals surface area contributed by atoms with Crippen LogP contribution in [0.4, 0.5) is 5.69 Å². The Morgan fingerprint density at radius 2 is 1.89 bits per heavy atom. The Kier molecular flexibility index (Phi) is 5.18. The standard InChI is InChI=1S/C15H23N3/c1-13-6-8-14(9-7-13)18(3)11-5-4-10-15(2,17)12-16/h6-9H,4-5,10-11,17H2,1-3H3. The van der Waals surface area contributed by atoms with Crippen molar-refractivity contribution >= 4 is 5.69 Å². The molecule has 0 heterocycles. The summed E-state index contributed by atoms with van der Waals surface area (Å²) in [6, 6.07) is 10.7. The largest absolute Gasteiger partial charge is 0.375 e. The first-order valence-electron chi connectivity index (χ1n) is 6.42. The van der Waals surface area contributed by atoms with E-state index >= 15 is 0 Å². The maximum Gasteiger partial charge on any atom is 0.101 e. The van der Waals surface area contributed by atoms with Crippen LogP contribution in [0.25, 0.3) is 0 Å². The number of hydrogen-bond acceptors (Lipinski definition) is 3. The Balaban J connectivity index is 2.32. The van der Waals surface area contributed by atoms with E-state index in [-0.39, 0.29) is 0 Å². The fraction of sp³-hybridized carbons (Fsp3) is 0.533. The van der Waals surface area contributed by atoms with Crippen molar-refractivity contribution in [2.24, 2.45) is 5.73 Å².